The lowest BCUT2D eigenvalue weighted by molar-refractivity contribution is -0.605. The van der Waals surface area contributed by atoms with Gasteiger partial charge in [-0.1, -0.05) is 30.3 Å². The van der Waals surface area contributed by atoms with Gasteiger partial charge in [-0.25, -0.2) is 10.4 Å². The summed E-state index contributed by atoms with van der Waals surface area (Å²) in [6.07, 6.45) is 3.00. The maximum absolute atomic E-state index is 11.9. The second kappa shape index (κ2) is 9.62. The van der Waals surface area contributed by atoms with Crippen molar-refractivity contribution in [2.45, 2.75) is 19.0 Å². The second-order valence-corrected chi connectivity index (χ2v) is 6.91. The first kappa shape index (κ1) is 22.3. The van der Waals surface area contributed by atoms with Gasteiger partial charge in [-0.05, 0) is 30.2 Å². The molecule has 0 spiro atoms. The highest BCUT2D eigenvalue weighted by atomic mass is 16.6. The molecular formula is C21H19N5O6. The van der Waals surface area contributed by atoms with Gasteiger partial charge in [-0.3, -0.25) is 25.0 Å². The Labute approximate surface area is 182 Å². The van der Waals surface area contributed by atoms with Crippen molar-refractivity contribution >= 4 is 17.3 Å². The average Bonchev–Trinajstić information content (AvgIpc) is 3.09. The fourth-order valence-corrected chi connectivity index (χ4v) is 3.12. The van der Waals surface area contributed by atoms with Crippen LogP contribution in [0, 0.1) is 25.4 Å². The first-order chi connectivity index (χ1) is 15.3. The van der Waals surface area contributed by atoms with Crippen molar-refractivity contribution in [2.24, 2.45) is 0 Å². The van der Waals surface area contributed by atoms with E-state index < -0.39 is 27.8 Å². The Balaban J connectivity index is 0.000000193. The summed E-state index contributed by atoms with van der Waals surface area (Å²) in [5.74, 6) is -0.689. The van der Waals surface area contributed by atoms with Gasteiger partial charge in [0.2, 0.25) is 0 Å². The molecule has 0 bridgehead atoms. The van der Waals surface area contributed by atoms with Crippen LogP contribution < -0.4 is 15.2 Å². The topological polar surface area (TPSA) is 146 Å². The highest BCUT2D eigenvalue weighted by molar-refractivity contribution is 5.98. The number of non-ortho nitro benzene ring substituents is 1. The van der Waals surface area contributed by atoms with E-state index in [0.29, 0.717) is 5.69 Å². The molecule has 4 rings (SSSR count). The third kappa shape index (κ3) is 5.02. The molecule has 11 heteroatoms. The Hall–Kier alpha value is -4.38. The number of aromatic nitrogens is 1. The molecule has 1 fully saturated rings. The summed E-state index contributed by atoms with van der Waals surface area (Å²) in [4.78, 5) is 31.9. The molecule has 164 valence electrons. The monoisotopic (exact) mass is 437 g/mol. The molecule has 11 nitrogen and oxygen atoms in total. The van der Waals surface area contributed by atoms with E-state index in [9.17, 15) is 30.2 Å². The van der Waals surface area contributed by atoms with Crippen molar-refractivity contribution in [3.8, 4) is 11.1 Å². The summed E-state index contributed by atoms with van der Waals surface area (Å²) in [6.45, 7) is 1.52. The van der Waals surface area contributed by atoms with E-state index >= 15 is 0 Å². The summed E-state index contributed by atoms with van der Waals surface area (Å²) < 4.78 is 0.784. The summed E-state index contributed by atoms with van der Waals surface area (Å²) in [7, 11) is 0. The van der Waals surface area contributed by atoms with Crippen molar-refractivity contribution in [1.82, 2.24) is 5.43 Å². The lowest BCUT2D eigenvalue weighted by Gasteiger charge is -2.15. The van der Waals surface area contributed by atoms with Crippen LogP contribution in [-0.2, 0) is 4.79 Å². The first-order valence-electron chi connectivity index (χ1n) is 9.50. The van der Waals surface area contributed by atoms with Crippen molar-refractivity contribution in [1.29, 1.82) is 0 Å². The van der Waals surface area contributed by atoms with Crippen molar-refractivity contribution in [2.75, 3.05) is 5.01 Å². The number of hydrogen-bond acceptors (Lipinski definition) is 7. The molecule has 1 aromatic heterocycles. The summed E-state index contributed by atoms with van der Waals surface area (Å²) in [6, 6.07) is 16.8. The predicted octanol–water partition coefficient (Wildman–Crippen LogP) is 2.47. The Morgan fingerprint density at radius 1 is 0.906 bits per heavy atom. The zero-order chi connectivity index (χ0) is 23.3. The minimum Gasteiger partial charge on any atom is -0.619 e. The molecule has 1 N–H and O–H groups in total. The highest BCUT2D eigenvalue weighted by Crippen LogP contribution is 2.23. The normalized spacial score (nSPS) is 17.4. The van der Waals surface area contributed by atoms with E-state index in [2.05, 4.69) is 5.43 Å². The third-order valence-electron chi connectivity index (χ3n) is 4.73. The van der Waals surface area contributed by atoms with Crippen LogP contribution in [0.25, 0.3) is 11.1 Å². The van der Waals surface area contributed by atoms with Gasteiger partial charge < -0.3 is 5.21 Å². The Morgan fingerprint density at radius 3 is 1.97 bits per heavy atom. The van der Waals surface area contributed by atoms with Crippen LogP contribution in [0.5, 0.6) is 0 Å². The van der Waals surface area contributed by atoms with E-state index in [0.717, 1.165) is 20.9 Å². The fourth-order valence-electron chi connectivity index (χ4n) is 3.12. The van der Waals surface area contributed by atoms with E-state index in [-0.39, 0.29) is 5.69 Å². The molecule has 2 unspecified atom stereocenters. The van der Waals surface area contributed by atoms with Crippen LogP contribution in [0.15, 0.2) is 79.1 Å². The molecule has 0 saturated carbocycles. The van der Waals surface area contributed by atoms with Gasteiger partial charge in [0.25, 0.3) is 5.69 Å². The number of hydrogen-bond donors (Lipinski definition) is 1. The summed E-state index contributed by atoms with van der Waals surface area (Å²) in [5, 5.41) is 33.1. The number of nitro groups is 2. The van der Waals surface area contributed by atoms with Crippen LogP contribution in [-0.4, -0.2) is 27.8 Å². The minimum atomic E-state index is -1.35. The number of carbonyl (C=O) groups excluding carboxylic acids is 1. The van der Waals surface area contributed by atoms with Crippen LogP contribution in [0.3, 0.4) is 0 Å². The van der Waals surface area contributed by atoms with E-state index in [1.165, 1.54) is 43.6 Å². The summed E-state index contributed by atoms with van der Waals surface area (Å²) in [5.41, 5.74) is 5.07. The van der Waals surface area contributed by atoms with Crippen LogP contribution >= 0.6 is 0 Å². The number of rotatable bonds is 4. The lowest BCUT2D eigenvalue weighted by Crippen LogP contribution is -2.36. The molecule has 1 saturated heterocycles. The van der Waals surface area contributed by atoms with E-state index in [1.54, 1.807) is 0 Å². The van der Waals surface area contributed by atoms with Gasteiger partial charge >= 0.3 is 11.9 Å². The van der Waals surface area contributed by atoms with Crippen LogP contribution in [0.2, 0.25) is 0 Å². The molecule has 32 heavy (non-hydrogen) atoms. The van der Waals surface area contributed by atoms with Gasteiger partial charge in [0.15, 0.2) is 12.4 Å². The molecule has 2 aromatic carbocycles. The Bertz CT molecular complexity index is 1110. The van der Waals surface area contributed by atoms with E-state index in [1.807, 2.05) is 42.5 Å². The number of carbonyl (C=O) groups is 1. The molecule has 2 heterocycles. The maximum atomic E-state index is 11.9. The third-order valence-corrected chi connectivity index (χ3v) is 4.73. The van der Waals surface area contributed by atoms with Gasteiger partial charge in [-0.15, -0.1) is 0 Å². The molecule has 1 amide bonds. The van der Waals surface area contributed by atoms with E-state index in [4.69, 9.17) is 0 Å². The molecule has 0 aliphatic carbocycles. The largest absolute Gasteiger partial charge is 0.619 e. The van der Waals surface area contributed by atoms with Crippen LogP contribution in [0.1, 0.15) is 6.92 Å². The number of nitro benzene ring substituents is 1. The number of benzene rings is 2. The molecular weight excluding hydrogens is 418 g/mol. The number of pyridine rings is 1. The van der Waals surface area contributed by atoms with Gasteiger partial charge in [0, 0.05) is 29.2 Å². The quantitative estimate of drug-likeness (QED) is 0.285. The fraction of sp³-hybridized carbons (Fsp3) is 0.143. The molecule has 2 atom stereocenters. The smallest absolute Gasteiger partial charge is 0.317 e. The minimum absolute atomic E-state index is 0.116. The molecule has 3 aromatic rings. The number of anilines is 1. The molecule has 0 radical (unpaired) electrons. The zero-order valence-corrected chi connectivity index (χ0v) is 16.9. The Kier molecular flexibility index (Phi) is 6.71. The standard InChI is InChI=1S/C11H9NO.C10H10N4O5/c13-12-8-6-11(7-9-12)10-4-2-1-3-5-10;1-6-9(14(18)19)10(15)12(11-6)7-2-4-8(5-3-7)13(16)17/h1-9H;2-6,9,11H,1H3. The van der Waals surface area contributed by atoms with Gasteiger partial charge in [0.1, 0.15) is 6.04 Å². The molecule has 1 aliphatic heterocycles. The predicted molar refractivity (Wildman–Crippen MR) is 115 cm³/mol. The van der Waals surface area contributed by atoms with Crippen LogP contribution in [0.4, 0.5) is 11.4 Å². The maximum Gasteiger partial charge on any atom is 0.317 e. The van der Waals surface area contributed by atoms with Crippen molar-refractivity contribution in [3.63, 3.8) is 0 Å². The lowest BCUT2D eigenvalue weighted by atomic mass is 10.1. The highest BCUT2D eigenvalue weighted by Gasteiger charge is 2.47. The number of nitrogens with one attached hydrogen (secondary N) is 1. The van der Waals surface area contributed by atoms with Crippen molar-refractivity contribution in [3.05, 3.63) is 105 Å². The van der Waals surface area contributed by atoms with Crippen molar-refractivity contribution < 1.29 is 19.4 Å². The first-order valence-corrected chi connectivity index (χ1v) is 9.50. The average molecular weight is 437 g/mol. The number of nitrogens with zero attached hydrogens (tertiary/aromatic N) is 4. The SMILES string of the molecule is CC1NN(c2ccc([N+](=O)[O-])cc2)C(=O)C1[N+](=O)[O-].[O-][n+]1ccc(-c2ccccc2)cc1. The van der Waals surface area contributed by atoms with Gasteiger partial charge in [-0.2, -0.15) is 4.73 Å². The zero-order valence-electron chi connectivity index (χ0n) is 16.9. The number of hydrazine groups is 1. The van der Waals surface area contributed by atoms with Gasteiger partial charge in [0.05, 0.1) is 10.6 Å². The molecule has 1 aliphatic rings. The Morgan fingerprint density at radius 2 is 1.47 bits per heavy atom. The number of amides is 1. The summed E-state index contributed by atoms with van der Waals surface area (Å²) >= 11 is 0. The second-order valence-electron chi connectivity index (χ2n) is 6.91.